The first-order valence-corrected chi connectivity index (χ1v) is 20.7. The molecule has 7 atom stereocenters. The second-order valence-electron chi connectivity index (χ2n) is 17.1. The van der Waals surface area contributed by atoms with E-state index in [1.54, 1.807) is 32.9 Å². The number of carbonyl (C=O) groups excluding carboxylic acids is 4. The van der Waals surface area contributed by atoms with Gasteiger partial charge in [0.05, 0.1) is 41.0 Å². The van der Waals surface area contributed by atoms with Crippen molar-refractivity contribution in [1.82, 2.24) is 30.2 Å². The van der Waals surface area contributed by atoms with Crippen molar-refractivity contribution in [1.29, 1.82) is 0 Å². The maximum Gasteiger partial charge on any atom is 0.408 e. The summed E-state index contributed by atoms with van der Waals surface area (Å²) in [6, 6.07) is 3.27. The molecule has 1 aromatic heterocycles. The molecule has 7 unspecified atom stereocenters. The summed E-state index contributed by atoms with van der Waals surface area (Å²) in [6.07, 6.45) is -4.10. The van der Waals surface area contributed by atoms with Gasteiger partial charge in [-0.25, -0.2) is 32.0 Å². The molecule has 3 heterocycles. The standard InChI is InChI=1S/C38H46F4N6O9S/c1-35(2,3)28-32(50)48-19-20(17-24(48)30(49)46-37(18-21(37)29(39)40)33(51)47-58(53,54)36(4)14-15-36)56-31-27(43-22-9-5-6-10-23(22)44-31)38(41,42)13-8-16-55-25-11-7-12-26(25)57-34(52)45-28/h5-6,8-10,13,20-21,24-26,28-29H,7,11-12,14-19H2,1-4H3,(H,45,52)(H,46,49)(H,47,51)/b13-8-. The van der Waals surface area contributed by atoms with Gasteiger partial charge in [-0.15, -0.1) is 0 Å². The molecule has 58 heavy (non-hydrogen) atoms. The number of carbonyl (C=O) groups is 4. The number of aromatic nitrogens is 2. The summed E-state index contributed by atoms with van der Waals surface area (Å²) in [6.45, 7) is 5.63. The molecule has 3 aliphatic carbocycles. The summed E-state index contributed by atoms with van der Waals surface area (Å²) >= 11 is 0. The Balaban J connectivity index is 1.26. The summed E-state index contributed by atoms with van der Waals surface area (Å²) in [5.74, 6) is -9.43. The highest BCUT2D eigenvalue weighted by molar-refractivity contribution is 7.91. The third-order valence-electron chi connectivity index (χ3n) is 11.6. The molecule has 1 aromatic carbocycles. The van der Waals surface area contributed by atoms with Crippen LogP contribution in [0.5, 0.6) is 5.88 Å². The fourth-order valence-corrected chi connectivity index (χ4v) is 9.04. The Labute approximate surface area is 332 Å². The summed E-state index contributed by atoms with van der Waals surface area (Å²) in [4.78, 5) is 65.3. The zero-order valence-electron chi connectivity index (χ0n) is 32.3. The number of halogens is 4. The van der Waals surface area contributed by atoms with Crippen molar-refractivity contribution < 1.29 is 59.4 Å². The van der Waals surface area contributed by atoms with Crippen molar-refractivity contribution in [2.24, 2.45) is 11.3 Å². The van der Waals surface area contributed by atoms with Gasteiger partial charge in [-0.1, -0.05) is 39.0 Å². The SMILES string of the molecule is CC(C)(C)C1NC(=O)OC2CCCC2OC/C=C\C(F)(F)c2nc3ccccc3nc2OC2CC(C(=O)NC3(C(=O)NS(=O)(=O)C4(C)CC4)CC3C(F)F)N(C2)C1=O. The summed E-state index contributed by atoms with van der Waals surface area (Å²) in [5.41, 5.74) is -3.91. The molecule has 5 aliphatic rings. The second-order valence-corrected chi connectivity index (χ2v) is 19.3. The maximum absolute atomic E-state index is 16.1. The van der Waals surface area contributed by atoms with Crippen LogP contribution in [-0.2, 0) is 39.8 Å². The number of allylic oxidation sites excluding steroid dienone is 1. The first kappa shape index (κ1) is 41.6. The highest BCUT2D eigenvalue weighted by Crippen LogP contribution is 2.49. The van der Waals surface area contributed by atoms with Crippen LogP contribution in [0.3, 0.4) is 0 Å². The zero-order valence-corrected chi connectivity index (χ0v) is 33.1. The molecule has 316 valence electrons. The Kier molecular flexibility index (Phi) is 10.7. The number of amides is 4. The van der Waals surface area contributed by atoms with Crippen LogP contribution in [0, 0.1) is 11.3 Å². The average Bonchev–Trinajstić information content (AvgIpc) is 3.97. The number of nitrogens with one attached hydrogen (secondary N) is 3. The Hall–Kier alpha value is -4.59. The Morgan fingerprint density at radius 2 is 1.71 bits per heavy atom. The second kappa shape index (κ2) is 14.9. The summed E-state index contributed by atoms with van der Waals surface area (Å²) < 4.78 is 105. The first-order valence-electron chi connectivity index (χ1n) is 19.2. The van der Waals surface area contributed by atoms with Crippen molar-refractivity contribution in [2.75, 3.05) is 13.2 Å². The van der Waals surface area contributed by atoms with Gasteiger partial charge in [-0.2, -0.15) is 8.78 Å². The number of fused-ring (bicyclic) bond motifs is 5. The van der Waals surface area contributed by atoms with Gasteiger partial charge >= 0.3 is 12.0 Å². The summed E-state index contributed by atoms with van der Waals surface area (Å²) in [5, 5.41) is 4.94. The molecule has 15 nitrogen and oxygen atoms in total. The van der Waals surface area contributed by atoms with Crippen LogP contribution in [0.1, 0.15) is 78.3 Å². The Bertz CT molecular complexity index is 2130. The number of para-hydroxylation sites is 2. The van der Waals surface area contributed by atoms with Crippen molar-refractivity contribution in [3.63, 3.8) is 0 Å². The monoisotopic (exact) mass is 838 g/mol. The molecule has 3 N–H and O–H groups in total. The zero-order chi connectivity index (χ0) is 42.0. The molecule has 0 radical (unpaired) electrons. The third kappa shape index (κ3) is 8.05. The molecule has 2 bridgehead atoms. The third-order valence-corrected chi connectivity index (χ3v) is 13.8. The van der Waals surface area contributed by atoms with E-state index in [-0.39, 0.29) is 30.5 Å². The molecule has 1 saturated heterocycles. The van der Waals surface area contributed by atoms with E-state index in [1.807, 2.05) is 4.72 Å². The van der Waals surface area contributed by atoms with E-state index in [2.05, 4.69) is 20.6 Å². The largest absolute Gasteiger partial charge is 0.471 e. The number of hydrogen-bond donors (Lipinski definition) is 3. The molecule has 4 fully saturated rings. The van der Waals surface area contributed by atoms with E-state index >= 15 is 8.78 Å². The first-order chi connectivity index (χ1) is 27.1. The lowest BCUT2D eigenvalue weighted by Gasteiger charge is -2.35. The fourth-order valence-electron chi connectivity index (χ4n) is 7.73. The van der Waals surface area contributed by atoms with E-state index in [1.165, 1.54) is 19.1 Å². The van der Waals surface area contributed by atoms with Crippen LogP contribution in [0.15, 0.2) is 36.4 Å². The molecule has 3 saturated carbocycles. The van der Waals surface area contributed by atoms with Gasteiger partial charge in [0.25, 0.3) is 5.91 Å². The smallest absolute Gasteiger partial charge is 0.408 e. The minimum atomic E-state index is -4.30. The molecular formula is C38H46F4N6O9S. The normalized spacial score (nSPS) is 31.4. The topological polar surface area (TPSA) is 195 Å². The van der Waals surface area contributed by atoms with Crippen LogP contribution in [0.2, 0.25) is 0 Å². The van der Waals surface area contributed by atoms with E-state index in [4.69, 9.17) is 14.2 Å². The van der Waals surface area contributed by atoms with Crippen molar-refractivity contribution >= 4 is 44.9 Å². The Morgan fingerprint density at radius 3 is 2.34 bits per heavy atom. The van der Waals surface area contributed by atoms with Gasteiger partial charge in [0.2, 0.25) is 34.1 Å². The molecule has 20 heteroatoms. The minimum Gasteiger partial charge on any atom is -0.471 e. The Morgan fingerprint density at radius 1 is 1.03 bits per heavy atom. The average molecular weight is 839 g/mol. The molecule has 2 aromatic rings. The number of nitrogens with zero attached hydrogens (tertiary/aromatic N) is 3. The van der Waals surface area contributed by atoms with Crippen LogP contribution in [0.25, 0.3) is 11.0 Å². The van der Waals surface area contributed by atoms with Gasteiger partial charge in [0.1, 0.15) is 29.8 Å². The fraction of sp³-hybridized carbons (Fsp3) is 0.632. The molecule has 0 spiro atoms. The number of alkyl halides is 4. The maximum atomic E-state index is 16.1. The predicted molar refractivity (Wildman–Crippen MR) is 197 cm³/mol. The molecule has 7 rings (SSSR count). The number of hydrogen-bond acceptors (Lipinski definition) is 11. The van der Waals surface area contributed by atoms with Crippen LogP contribution in [-0.4, -0.2) is 107 Å². The van der Waals surface area contributed by atoms with E-state index < -0.39 is 129 Å². The van der Waals surface area contributed by atoms with Gasteiger partial charge < -0.3 is 29.7 Å². The van der Waals surface area contributed by atoms with Gasteiger partial charge in [-0.05, 0) is 69.1 Å². The molecule has 2 aliphatic heterocycles. The van der Waals surface area contributed by atoms with Crippen molar-refractivity contribution in [3.05, 3.63) is 42.1 Å². The highest BCUT2D eigenvalue weighted by Gasteiger charge is 2.67. The number of benzene rings is 1. The number of sulfonamides is 1. The molecular weight excluding hydrogens is 793 g/mol. The van der Waals surface area contributed by atoms with Gasteiger partial charge in [0.15, 0.2) is 5.69 Å². The molecule has 4 amide bonds. The lowest BCUT2D eigenvalue weighted by atomic mass is 9.85. The summed E-state index contributed by atoms with van der Waals surface area (Å²) in [7, 11) is -4.30. The van der Waals surface area contributed by atoms with Crippen LogP contribution < -0.4 is 20.1 Å². The predicted octanol–water partition coefficient (Wildman–Crippen LogP) is 3.86. The highest BCUT2D eigenvalue weighted by atomic mass is 32.2. The number of ether oxygens (including phenoxy) is 3. The lowest BCUT2D eigenvalue weighted by Crippen LogP contribution is -2.60. The number of rotatable bonds is 6. The minimum absolute atomic E-state index is 0.130. The quantitative estimate of drug-likeness (QED) is 0.283. The van der Waals surface area contributed by atoms with Crippen molar-refractivity contribution in [3.8, 4) is 5.88 Å². The number of alkyl carbamates (subject to hydrolysis) is 1. The lowest BCUT2D eigenvalue weighted by molar-refractivity contribution is -0.143. The van der Waals surface area contributed by atoms with Crippen LogP contribution >= 0.6 is 0 Å². The van der Waals surface area contributed by atoms with E-state index in [0.717, 1.165) is 11.0 Å². The van der Waals surface area contributed by atoms with Gasteiger partial charge in [0, 0.05) is 6.42 Å². The van der Waals surface area contributed by atoms with Crippen LogP contribution in [0.4, 0.5) is 22.4 Å². The van der Waals surface area contributed by atoms with E-state index in [9.17, 15) is 36.4 Å². The van der Waals surface area contributed by atoms with E-state index in [0.29, 0.717) is 25.3 Å². The van der Waals surface area contributed by atoms with Gasteiger partial charge in [-0.3, -0.25) is 19.1 Å². The van der Waals surface area contributed by atoms with Crippen molar-refractivity contribution in [2.45, 2.75) is 126 Å².